The zero-order valence-electron chi connectivity index (χ0n) is 15.9. The average Bonchev–Trinajstić information content (AvgIpc) is 2.99. The zero-order chi connectivity index (χ0) is 21.5. The number of rotatable bonds is 4. The Kier molecular flexibility index (Phi) is 4.77. The number of benzene rings is 2. The summed E-state index contributed by atoms with van der Waals surface area (Å²) in [6.07, 6.45) is -1.72. The van der Waals surface area contributed by atoms with Crippen LogP contribution in [-0.4, -0.2) is 28.8 Å². The predicted octanol–water partition coefficient (Wildman–Crippen LogP) is 3.86. The van der Waals surface area contributed by atoms with E-state index < -0.39 is 29.4 Å². The van der Waals surface area contributed by atoms with E-state index in [0.29, 0.717) is 5.56 Å². The topological polar surface area (TPSA) is 71.6 Å². The molecule has 30 heavy (non-hydrogen) atoms. The van der Waals surface area contributed by atoms with Crippen LogP contribution in [0.5, 0.6) is 0 Å². The normalized spacial score (nSPS) is 18.8. The third-order valence-electron chi connectivity index (χ3n) is 5.13. The Morgan fingerprint density at radius 1 is 1.03 bits per heavy atom. The van der Waals surface area contributed by atoms with Crippen molar-refractivity contribution < 1.29 is 18.0 Å². The molecule has 152 valence electrons. The Morgan fingerprint density at radius 2 is 1.77 bits per heavy atom. The number of guanidine groups is 1. The molecule has 0 radical (unpaired) electrons. The molecule has 0 saturated heterocycles. The summed E-state index contributed by atoms with van der Waals surface area (Å²) in [4.78, 5) is 22.3. The predicted molar refractivity (Wildman–Crippen MR) is 106 cm³/mol. The number of alkyl halides is 2. The van der Waals surface area contributed by atoms with E-state index in [0.717, 1.165) is 22.7 Å². The number of nitrogens with two attached hydrogens (primary N) is 1. The summed E-state index contributed by atoms with van der Waals surface area (Å²) in [5.41, 5.74) is 4.85. The fourth-order valence-corrected chi connectivity index (χ4v) is 3.57. The van der Waals surface area contributed by atoms with E-state index in [9.17, 15) is 13.6 Å². The van der Waals surface area contributed by atoms with Crippen molar-refractivity contribution in [2.45, 2.75) is 12.0 Å². The minimum atomic E-state index is -2.86. The maximum absolute atomic E-state index is 15.1. The second-order valence-corrected chi connectivity index (χ2v) is 6.88. The van der Waals surface area contributed by atoms with Crippen molar-refractivity contribution in [2.24, 2.45) is 10.7 Å². The molecule has 2 N–H and O–H groups in total. The number of pyridine rings is 1. The van der Waals surface area contributed by atoms with Crippen LogP contribution in [0.2, 0.25) is 0 Å². The van der Waals surface area contributed by atoms with Crippen molar-refractivity contribution in [2.75, 3.05) is 7.05 Å². The third kappa shape index (κ3) is 3.01. The SMILES string of the molecule is CN1C(=O)C(c2ccnc(C(F)F)c2)(c2cc(-c3ccccc3)ccc2F)N=C1N. The minimum Gasteiger partial charge on any atom is -0.369 e. The van der Waals surface area contributed by atoms with Crippen LogP contribution in [0.1, 0.15) is 23.2 Å². The first kappa shape index (κ1) is 19.6. The van der Waals surface area contributed by atoms with Gasteiger partial charge < -0.3 is 5.73 Å². The number of nitrogens with zero attached hydrogens (tertiary/aromatic N) is 3. The van der Waals surface area contributed by atoms with Gasteiger partial charge in [0.05, 0.1) is 0 Å². The summed E-state index contributed by atoms with van der Waals surface area (Å²) in [6.45, 7) is 0. The summed E-state index contributed by atoms with van der Waals surface area (Å²) in [7, 11) is 1.40. The van der Waals surface area contributed by atoms with Gasteiger partial charge in [0.2, 0.25) is 0 Å². The third-order valence-corrected chi connectivity index (χ3v) is 5.13. The Labute approximate surface area is 170 Å². The van der Waals surface area contributed by atoms with Crippen molar-refractivity contribution in [1.82, 2.24) is 9.88 Å². The van der Waals surface area contributed by atoms with Crippen LogP contribution in [0, 0.1) is 5.82 Å². The number of amides is 1. The molecule has 0 aliphatic carbocycles. The lowest BCUT2D eigenvalue weighted by molar-refractivity contribution is -0.129. The molecule has 5 nitrogen and oxygen atoms in total. The molecule has 1 atom stereocenters. The lowest BCUT2D eigenvalue weighted by Gasteiger charge is -2.27. The number of halogens is 3. The molecule has 1 aliphatic rings. The smallest absolute Gasteiger partial charge is 0.280 e. The van der Waals surface area contributed by atoms with Gasteiger partial charge in [-0.05, 0) is 41.0 Å². The van der Waals surface area contributed by atoms with Crippen molar-refractivity contribution >= 4 is 11.9 Å². The summed E-state index contributed by atoms with van der Waals surface area (Å²) in [5.74, 6) is -1.49. The van der Waals surface area contributed by atoms with E-state index in [4.69, 9.17) is 5.73 Å². The molecule has 2 aromatic carbocycles. The largest absolute Gasteiger partial charge is 0.369 e. The molecule has 1 aromatic heterocycles. The van der Waals surface area contributed by atoms with Gasteiger partial charge in [-0.15, -0.1) is 0 Å². The van der Waals surface area contributed by atoms with Crippen LogP contribution in [0.25, 0.3) is 11.1 Å². The molecule has 3 aromatic rings. The lowest BCUT2D eigenvalue weighted by Crippen LogP contribution is -2.41. The Balaban J connectivity index is 2.00. The Morgan fingerprint density at radius 3 is 2.40 bits per heavy atom. The number of hydrogen-bond acceptors (Lipinski definition) is 4. The highest BCUT2D eigenvalue weighted by Crippen LogP contribution is 2.42. The molecule has 4 rings (SSSR count). The summed E-state index contributed by atoms with van der Waals surface area (Å²) in [6, 6.07) is 15.9. The van der Waals surface area contributed by atoms with E-state index in [2.05, 4.69) is 9.98 Å². The Bertz CT molecular complexity index is 1150. The van der Waals surface area contributed by atoms with Gasteiger partial charge >= 0.3 is 0 Å². The van der Waals surface area contributed by atoms with Crippen LogP contribution in [0.15, 0.2) is 71.9 Å². The van der Waals surface area contributed by atoms with Crippen molar-refractivity contribution in [1.29, 1.82) is 0 Å². The number of aromatic nitrogens is 1. The van der Waals surface area contributed by atoms with Crippen molar-refractivity contribution in [3.05, 3.63) is 89.5 Å². The highest BCUT2D eigenvalue weighted by molar-refractivity contribution is 6.09. The van der Waals surface area contributed by atoms with E-state index in [-0.39, 0.29) is 17.1 Å². The molecule has 0 fully saturated rings. The van der Waals surface area contributed by atoms with E-state index in [1.165, 1.54) is 25.2 Å². The van der Waals surface area contributed by atoms with Gasteiger partial charge in [-0.3, -0.25) is 14.7 Å². The molecule has 0 spiro atoms. The fourth-order valence-electron chi connectivity index (χ4n) is 3.57. The summed E-state index contributed by atoms with van der Waals surface area (Å²) in [5, 5.41) is 0. The maximum Gasteiger partial charge on any atom is 0.280 e. The number of aliphatic imine (C=N–C) groups is 1. The van der Waals surface area contributed by atoms with Crippen LogP contribution in [-0.2, 0) is 10.3 Å². The molecular formula is C22H17F3N4O. The highest BCUT2D eigenvalue weighted by Gasteiger charge is 2.51. The first-order valence-electron chi connectivity index (χ1n) is 9.08. The lowest BCUT2D eigenvalue weighted by atomic mass is 9.81. The van der Waals surface area contributed by atoms with E-state index >= 15 is 4.39 Å². The molecule has 1 amide bonds. The van der Waals surface area contributed by atoms with Gasteiger partial charge in [-0.2, -0.15) is 0 Å². The molecule has 0 saturated carbocycles. The summed E-state index contributed by atoms with van der Waals surface area (Å²) >= 11 is 0. The van der Waals surface area contributed by atoms with Crippen LogP contribution in [0.4, 0.5) is 13.2 Å². The number of likely N-dealkylation sites (N-methyl/N-ethyl adjacent to an activating group) is 1. The first-order valence-corrected chi connectivity index (χ1v) is 9.08. The number of carbonyl (C=O) groups excluding carboxylic acids is 1. The monoisotopic (exact) mass is 410 g/mol. The van der Waals surface area contributed by atoms with Crippen LogP contribution < -0.4 is 5.73 Å². The van der Waals surface area contributed by atoms with Gasteiger partial charge in [0.1, 0.15) is 11.5 Å². The molecule has 2 heterocycles. The minimum absolute atomic E-state index is 0.0641. The summed E-state index contributed by atoms with van der Waals surface area (Å²) < 4.78 is 41.7. The maximum atomic E-state index is 15.1. The average molecular weight is 410 g/mol. The standard InChI is InChI=1S/C22H17F3N4O/c1-29-20(30)22(28-21(29)26,15-9-10-27-18(12-15)19(24)25)16-11-14(7-8-17(16)23)13-5-3-2-4-6-13/h2-12,19H,1H3,(H2,26,28). The van der Waals surface area contributed by atoms with Gasteiger partial charge in [0.25, 0.3) is 12.3 Å². The molecule has 0 bridgehead atoms. The van der Waals surface area contributed by atoms with Crippen molar-refractivity contribution in [3.63, 3.8) is 0 Å². The Hall–Kier alpha value is -3.68. The molecular weight excluding hydrogens is 393 g/mol. The fraction of sp³-hybridized carbons (Fsp3) is 0.136. The van der Waals surface area contributed by atoms with Gasteiger partial charge in [-0.25, -0.2) is 18.2 Å². The van der Waals surface area contributed by atoms with E-state index in [1.807, 2.05) is 30.3 Å². The van der Waals surface area contributed by atoms with Gasteiger partial charge in [-0.1, -0.05) is 36.4 Å². The van der Waals surface area contributed by atoms with Crippen LogP contribution in [0.3, 0.4) is 0 Å². The number of hydrogen-bond donors (Lipinski definition) is 1. The van der Waals surface area contributed by atoms with E-state index in [1.54, 1.807) is 6.07 Å². The zero-order valence-corrected chi connectivity index (χ0v) is 15.9. The first-order chi connectivity index (χ1) is 14.3. The molecule has 1 aliphatic heterocycles. The van der Waals surface area contributed by atoms with Gasteiger partial charge in [0, 0.05) is 18.8 Å². The number of carbonyl (C=O) groups is 1. The molecule has 1 unspecified atom stereocenters. The van der Waals surface area contributed by atoms with Crippen LogP contribution >= 0.6 is 0 Å². The quantitative estimate of drug-likeness (QED) is 0.710. The second kappa shape index (κ2) is 7.29. The van der Waals surface area contributed by atoms with Crippen molar-refractivity contribution in [3.8, 4) is 11.1 Å². The highest BCUT2D eigenvalue weighted by atomic mass is 19.3. The second-order valence-electron chi connectivity index (χ2n) is 6.88. The molecule has 8 heteroatoms. The van der Waals surface area contributed by atoms with Gasteiger partial charge in [0.15, 0.2) is 11.5 Å².